The fraction of sp³-hybridized carbons (Fsp3) is 0.316. The molecule has 0 aromatic heterocycles. The van der Waals surface area contributed by atoms with Gasteiger partial charge in [-0.15, -0.1) is 0 Å². The van der Waals surface area contributed by atoms with Crippen molar-refractivity contribution in [2.24, 2.45) is 0 Å². The lowest BCUT2D eigenvalue weighted by atomic mass is 9.88. The third-order valence-electron chi connectivity index (χ3n) is 4.47. The topological polar surface area (TPSA) is 75.3 Å². The van der Waals surface area contributed by atoms with E-state index in [2.05, 4.69) is 16.1 Å². The van der Waals surface area contributed by atoms with Gasteiger partial charge < -0.3 is 5.32 Å². The van der Waals surface area contributed by atoms with E-state index >= 15 is 0 Å². The lowest BCUT2D eigenvalue weighted by molar-refractivity contribution is -0.121. The van der Waals surface area contributed by atoms with Crippen molar-refractivity contribution in [3.05, 3.63) is 64.7 Å². The number of halogens is 1. The number of benzene rings is 2. The minimum atomic E-state index is -3.73. The standard InChI is InChI=1S/C19H21ClN2O3S/c20-16-9-3-4-11-18(16)26(24,25)21-13-12-19(23)22-17-10-5-7-14-6-1-2-8-15(14)17/h1-4,6,8-9,11,17,21H,5,7,10,12-13H2,(H,22,23)/t17-/m1/s1. The predicted octanol–water partition coefficient (Wildman–Crippen LogP) is 3.20. The molecular weight excluding hydrogens is 372 g/mol. The van der Waals surface area contributed by atoms with E-state index in [1.165, 1.54) is 17.7 Å². The average molecular weight is 393 g/mol. The second-order valence-electron chi connectivity index (χ2n) is 6.29. The Morgan fingerprint density at radius 2 is 1.85 bits per heavy atom. The van der Waals surface area contributed by atoms with Gasteiger partial charge in [0.25, 0.3) is 0 Å². The third-order valence-corrected chi connectivity index (χ3v) is 6.44. The number of hydrogen-bond acceptors (Lipinski definition) is 3. The van der Waals surface area contributed by atoms with Gasteiger partial charge >= 0.3 is 0 Å². The summed E-state index contributed by atoms with van der Waals surface area (Å²) in [6, 6.07) is 14.3. The zero-order valence-corrected chi connectivity index (χ0v) is 15.8. The SMILES string of the molecule is O=C(CCNS(=O)(=O)c1ccccc1Cl)N[C@@H]1CCCc2ccccc21. The van der Waals surface area contributed by atoms with Crippen molar-refractivity contribution in [3.63, 3.8) is 0 Å². The molecule has 0 bridgehead atoms. The Bertz CT molecular complexity index is 899. The van der Waals surface area contributed by atoms with Gasteiger partial charge in [0.15, 0.2) is 0 Å². The van der Waals surface area contributed by atoms with Crippen LogP contribution in [0.5, 0.6) is 0 Å². The summed E-state index contributed by atoms with van der Waals surface area (Å²) in [6.45, 7) is 0.0216. The molecule has 0 fully saturated rings. The highest BCUT2D eigenvalue weighted by molar-refractivity contribution is 7.89. The van der Waals surface area contributed by atoms with Gasteiger partial charge in [-0.05, 0) is 42.5 Å². The van der Waals surface area contributed by atoms with Crippen LogP contribution >= 0.6 is 11.6 Å². The van der Waals surface area contributed by atoms with Crippen LogP contribution in [0.4, 0.5) is 0 Å². The minimum Gasteiger partial charge on any atom is -0.349 e. The summed E-state index contributed by atoms with van der Waals surface area (Å²) in [7, 11) is -3.73. The molecule has 138 valence electrons. The molecule has 3 rings (SSSR count). The van der Waals surface area contributed by atoms with Crippen molar-refractivity contribution >= 4 is 27.5 Å². The molecule has 5 nitrogen and oxygen atoms in total. The molecule has 0 heterocycles. The normalized spacial score (nSPS) is 16.7. The number of hydrogen-bond donors (Lipinski definition) is 2. The van der Waals surface area contributed by atoms with E-state index in [1.807, 2.05) is 18.2 Å². The van der Waals surface area contributed by atoms with E-state index in [4.69, 9.17) is 11.6 Å². The molecule has 0 saturated heterocycles. The Morgan fingerprint density at radius 3 is 2.65 bits per heavy atom. The first-order valence-corrected chi connectivity index (χ1v) is 10.4. The van der Waals surface area contributed by atoms with Gasteiger partial charge in [0, 0.05) is 13.0 Å². The molecule has 2 aromatic carbocycles. The molecule has 0 unspecified atom stereocenters. The van der Waals surface area contributed by atoms with Crippen molar-refractivity contribution in [1.29, 1.82) is 0 Å². The van der Waals surface area contributed by atoms with Crippen molar-refractivity contribution in [3.8, 4) is 0 Å². The maximum atomic E-state index is 12.3. The van der Waals surface area contributed by atoms with Gasteiger partial charge in [0.1, 0.15) is 4.90 Å². The second kappa shape index (κ2) is 8.20. The van der Waals surface area contributed by atoms with Gasteiger partial charge in [0.2, 0.25) is 15.9 Å². The zero-order valence-electron chi connectivity index (χ0n) is 14.2. The molecule has 1 amide bonds. The Hall–Kier alpha value is -1.89. The van der Waals surface area contributed by atoms with Crippen LogP contribution < -0.4 is 10.0 Å². The maximum Gasteiger partial charge on any atom is 0.242 e. The summed E-state index contributed by atoms with van der Waals surface area (Å²) in [4.78, 5) is 12.3. The smallest absolute Gasteiger partial charge is 0.242 e. The van der Waals surface area contributed by atoms with E-state index in [0.717, 1.165) is 24.8 Å². The molecule has 7 heteroatoms. The number of carbonyl (C=O) groups excluding carboxylic acids is 1. The van der Waals surface area contributed by atoms with Gasteiger partial charge in [-0.25, -0.2) is 13.1 Å². The molecule has 2 aromatic rings. The molecule has 1 atom stereocenters. The van der Waals surface area contributed by atoms with Crippen LogP contribution in [0.1, 0.15) is 36.4 Å². The van der Waals surface area contributed by atoms with Crippen molar-refractivity contribution < 1.29 is 13.2 Å². The molecule has 2 N–H and O–H groups in total. The highest BCUT2D eigenvalue weighted by Crippen LogP contribution is 2.29. The first-order chi connectivity index (χ1) is 12.5. The molecule has 1 aliphatic rings. The largest absolute Gasteiger partial charge is 0.349 e. The molecule has 0 radical (unpaired) electrons. The summed E-state index contributed by atoms with van der Waals surface area (Å²) in [5.41, 5.74) is 2.42. The van der Waals surface area contributed by atoms with Crippen LogP contribution in [0.25, 0.3) is 0 Å². The van der Waals surface area contributed by atoms with Gasteiger partial charge in [-0.3, -0.25) is 4.79 Å². The second-order valence-corrected chi connectivity index (χ2v) is 8.43. The molecular formula is C19H21ClN2O3S. The summed E-state index contributed by atoms with van der Waals surface area (Å²) >= 11 is 5.93. The fourth-order valence-corrected chi connectivity index (χ4v) is 4.76. The number of nitrogens with one attached hydrogen (secondary N) is 2. The number of amides is 1. The zero-order chi connectivity index (χ0) is 18.6. The van der Waals surface area contributed by atoms with E-state index in [1.54, 1.807) is 12.1 Å². The summed E-state index contributed by atoms with van der Waals surface area (Å²) in [6.07, 6.45) is 3.03. The lowest BCUT2D eigenvalue weighted by Crippen LogP contribution is -2.34. The minimum absolute atomic E-state index is 0.00683. The van der Waals surface area contributed by atoms with Crippen LogP contribution in [0, 0.1) is 0 Å². The number of rotatable bonds is 6. The number of fused-ring (bicyclic) bond motifs is 1. The van der Waals surface area contributed by atoms with E-state index < -0.39 is 10.0 Å². The maximum absolute atomic E-state index is 12.3. The molecule has 0 spiro atoms. The van der Waals surface area contributed by atoms with Gasteiger partial charge in [-0.2, -0.15) is 0 Å². The van der Waals surface area contributed by atoms with Crippen LogP contribution in [-0.2, 0) is 21.2 Å². The molecule has 1 aliphatic carbocycles. The highest BCUT2D eigenvalue weighted by atomic mass is 35.5. The number of carbonyl (C=O) groups is 1. The monoisotopic (exact) mass is 392 g/mol. The number of sulfonamides is 1. The summed E-state index contributed by atoms with van der Waals surface area (Å²) in [5.74, 6) is -0.173. The first-order valence-electron chi connectivity index (χ1n) is 8.59. The third kappa shape index (κ3) is 4.44. The van der Waals surface area contributed by atoms with Crippen LogP contribution in [0.15, 0.2) is 53.4 Å². The van der Waals surface area contributed by atoms with E-state index in [-0.39, 0.29) is 34.8 Å². The van der Waals surface area contributed by atoms with E-state index in [0.29, 0.717) is 0 Å². The van der Waals surface area contributed by atoms with Crippen LogP contribution in [0.3, 0.4) is 0 Å². The lowest BCUT2D eigenvalue weighted by Gasteiger charge is -2.26. The highest BCUT2D eigenvalue weighted by Gasteiger charge is 2.22. The van der Waals surface area contributed by atoms with Crippen molar-refractivity contribution in [2.75, 3.05) is 6.54 Å². The molecule has 26 heavy (non-hydrogen) atoms. The Labute approximate surface area is 158 Å². The summed E-state index contributed by atoms with van der Waals surface area (Å²) < 4.78 is 27.0. The fourth-order valence-electron chi connectivity index (χ4n) is 3.21. The Balaban J connectivity index is 1.55. The van der Waals surface area contributed by atoms with Crippen molar-refractivity contribution in [1.82, 2.24) is 10.0 Å². The molecule has 0 saturated carbocycles. The Kier molecular flexibility index (Phi) is 5.96. The predicted molar refractivity (Wildman–Crippen MR) is 102 cm³/mol. The van der Waals surface area contributed by atoms with E-state index in [9.17, 15) is 13.2 Å². The van der Waals surface area contributed by atoms with Crippen molar-refractivity contribution in [2.45, 2.75) is 36.6 Å². The van der Waals surface area contributed by atoms with Gasteiger partial charge in [-0.1, -0.05) is 48.0 Å². The number of aryl methyl sites for hydroxylation is 1. The van der Waals surface area contributed by atoms with Gasteiger partial charge in [0.05, 0.1) is 11.1 Å². The van der Waals surface area contributed by atoms with Crippen LogP contribution in [-0.4, -0.2) is 20.9 Å². The average Bonchev–Trinajstić information content (AvgIpc) is 2.62. The molecule has 0 aliphatic heterocycles. The first kappa shape index (κ1) is 18.9. The quantitative estimate of drug-likeness (QED) is 0.792. The summed E-state index contributed by atoms with van der Waals surface area (Å²) in [5, 5.41) is 3.17. The Morgan fingerprint density at radius 1 is 1.12 bits per heavy atom. The van der Waals surface area contributed by atoms with Crippen LogP contribution in [0.2, 0.25) is 5.02 Å².